The summed E-state index contributed by atoms with van der Waals surface area (Å²) < 4.78 is 0. The van der Waals surface area contributed by atoms with Crippen molar-refractivity contribution in [2.24, 2.45) is 5.92 Å². The molecule has 1 aromatic carbocycles. The maximum absolute atomic E-state index is 12.3. The Hall–Kier alpha value is -1.55. The van der Waals surface area contributed by atoms with Crippen molar-refractivity contribution in [3.8, 4) is 0 Å². The lowest BCUT2D eigenvalue weighted by molar-refractivity contribution is -0.132. The minimum absolute atomic E-state index is 0.111. The number of rotatable bonds is 3. The van der Waals surface area contributed by atoms with E-state index < -0.39 is 5.92 Å². The van der Waals surface area contributed by atoms with Gasteiger partial charge in [-0.2, -0.15) is 0 Å². The van der Waals surface area contributed by atoms with Crippen LogP contribution < -0.4 is 10.2 Å². The highest BCUT2D eigenvalue weighted by Gasteiger charge is 2.39. The van der Waals surface area contributed by atoms with Gasteiger partial charge in [0.2, 0.25) is 11.8 Å². The van der Waals surface area contributed by atoms with Crippen LogP contribution in [-0.2, 0) is 9.59 Å². The molecule has 100 valence electrons. The number of anilines is 1. The molecule has 0 radical (unpaired) electrons. The largest absolute Gasteiger partial charge is 0.353 e. The monoisotopic (exact) mass is 278 g/mol. The number of hydrogen-bond donors (Lipinski definition) is 1. The average Bonchev–Trinajstić information content (AvgIpc) is 3.12. The summed E-state index contributed by atoms with van der Waals surface area (Å²) in [5, 5.41) is 3.54. The van der Waals surface area contributed by atoms with Gasteiger partial charge in [-0.3, -0.25) is 9.59 Å². The van der Waals surface area contributed by atoms with E-state index in [0.717, 1.165) is 18.5 Å². The third-order valence-corrected chi connectivity index (χ3v) is 3.84. The molecular formula is C14H15ClN2O2. The molecular weight excluding hydrogens is 264 g/mol. The maximum Gasteiger partial charge on any atom is 0.239 e. The molecule has 1 unspecified atom stereocenters. The second-order valence-electron chi connectivity index (χ2n) is 5.09. The molecule has 3 rings (SSSR count). The zero-order valence-corrected chi connectivity index (χ0v) is 11.2. The Kier molecular flexibility index (Phi) is 3.19. The number of carbonyl (C=O) groups is 2. The van der Waals surface area contributed by atoms with Crippen molar-refractivity contribution in [3.63, 3.8) is 0 Å². The van der Waals surface area contributed by atoms with Crippen molar-refractivity contribution in [2.45, 2.75) is 25.3 Å². The van der Waals surface area contributed by atoms with Gasteiger partial charge in [-0.25, -0.2) is 0 Å². The van der Waals surface area contributed by atoms with Crippen molar-refractivity contribution < 1.29 is 9.59 Å². The first-order chi connectivity index (χ1) is 9.15. The number of halogens is 1. The first kappa shape index (κ1) is 12.5. The lowest BCUT2D eigenvalue weighted by Gasteiger charge is -2.16. The minimum atomic E-state index is -0.531. The van der Waals surface area contributed by atoms with Crippen molar-refractivity contribution in [1.29, 1.82) is 0 Å². The summed E-state index contributed by atoms with van der Waals surface area (Å²) in [4.78, 5) is 25.9. The minimum Gasteiger partial charge on any atom is -0.353 e. The molecule has 1 atom stereocenters. The Morgan fingerprint density at radius 3 is 2.53 bits per heavy atom. The van der Waals surface area contributed by atoms with Crippen LogP contribution in [-0.4, -0.2) is 24.4 Å². The van der Waals surface area contributed by atoms with Gasteiger partial charge in [0, 0.05) is 23.3 Å². The Bertz CT molecular complexity index is 511. The molecule has 5 heteroatoms. The number of nitrogens with zero attached hydrogens (tertiary/aromatic N) is 1. The maximum atomic E-state index is 12.3. The van der Waals surface area contributed by atoms with Crippen molar-refractivity contribution in [1.82, 2.24) is 5.32 Å². The molecule has 0 bridgehead atoms. The smallest absolute Gasteiger partial charge is 0.239 e. The van der Waals surface area contributed by atoms with E-state index in [9.17, 15) is 9.59 Å². The predicted octanol–water partition coefficient (Wildman–Crippen LogP) is 1.97. The number of amides is 2. The molecule has 0 spiro atoms. The topological polar surface area (TPSA) is 49.4 Å². The molecule has 1 aliphatic heterocycles. The van der Waals surface area contributed by atoms with Crippen molar-refractivity contribution in [3.05, 3.63) is 29.3 Å². The predicted molar refractivity (Wildman–Crippen MR) is 73.1 cm³/mol. The summed E-state index contributed by atoms with van der Waals surface area (Å²) in [5.74, 6) is -0.763. The van der Waals surface area contributed by atoms with E-state index in [0.29, 0.717) is 24.0 Å². The van der Waals surface area contributed by atoms with Crippen molar-refractivity contribution in [2.75, 3.05) is 11.4 Å². The molecule has 2 aliphatic rings. The Balaban J connectivity index is 1.70. The lowest BCUT2D eigenvalue weighted by atomic mass is 10.1. The van der Waals surface area contributed by atoms with Crippen LogP contribution in [0.15, 0.2) is 24.3 Å². The van der Waals surface area contributed by atoms with E-state index in [1.165, 1.54) is 0 Å². The van der Waals surface area contributed by atoms with Crippen LogP contribution in [0.2, 0.25) is 5.02 Å². The second-order valence-corrected chi connectivity index (χ2v) is 5.53. The van der Waals surface area contributed by atoms with E-state index in [4.69, 9.17) is 11.6 Å². The second kappa shape index (κ2) is 4.85. The highest BCUT2D eigenvalue weighted by atomic mass is 35.5. The van der Waals surface area contributed by atoms with Gasteiger partial charge in [-0.1, -0.05) is 11.6 Å². The fourth-order valence-corrected chi connectivity index (χ4v) is 2.46. The van der Waals surface area contributed by atoms with Gasteiger partial charge in [0.05, 0.1) is 0 Å². The van der Waals surface area contributed by atoms with E-state index in [-0.39, 0.29) is 11.8 Å². The summed E-state index contributed by atoms with van der Waals surface area (Å²) in [6.07, 6.45) is 2.65. The standard InChI is InChI=1S/C14H15ClN2O2/c15-9-1-5-11(6-2-9)17-8-7-12(14(17)19)13(18)16-10-3-4-10/h1-2,5-6,10,12H,3-4,7-8H2,(H,16,18). The van der Waals surface area contributed by atoms with Gasteiger partial charge in [0.25, 0.3) is 0 Å². The summed E-state index contributed by atoms with van der Waals surface area (Å²) in [5.41, 5.74) is 0.802. The fraction of sp³-hybridized carbons (Fsp3) is 0.429. The molecule has 1 aliphatic carbocycles. The van der Waals surface area contributed by atoms with E-state index in [1.54, 1.807) is 29.2 Å². The Morgan fingerprint density at radius 1 is 1.21 bits per heavy atom. The van der Waals surface area contributed by atoms with Gasteiger partial charge in [0.1, 0.15) is 5.92 Å². The summed E-state index contributed by atoms with van der Waals surface area (Å²) in [7, 11) is 0. The lowest BCUT2D eigenvalue weighted by Crippen LogP contribution is -2.37. The number of hydrogen-bond acceptors (Lipinski definition) is 2. The number of benzene rings is 1. The van der Waals surface area contributed by atoms with Gasteiger partial charge in [-0.05, 0) is 43.5 Å². The molecule has 19 heavy (non-hydrogen) atoms. The van der Waals surface area contributed by atoms with Crippen LogP contribution in [0.3, 0.4) is 0 Å². The van der Waals surface area contributed by atoms with Gasteiger partial charge < -0.3 is 10.2 Å². The third kappa shape index (κ3) is 2.59. The zero-order chi connectivity index (χ0) is 13.4. The summed E-state index contributed by atoms with van der Waals surface area (Å²) >= 11 is 5.83. The summed E-state index contributed by atoms with van der Waals surface area (Å²) in [6.45, 7) is 0.587. The van der Waals surface area contributed by atoms with Crippen LogP contribution in [0.4, 0.5) is 5.69 Å². The van der Waals surface area contributed by atoms with Crippen molar-refractivity contribution >= 4 is 29.1 Å². The van der Waals surface area contributed by atoms with Crippen LogP contribution in [0.25, 0.3) is 0 Å². The molecule has 4 nitrogen and oxygen atoms in total. The van der Waals surface area contributed by atoms with E-state index in [2.05, 4.69) is 5.32 Å². The summed E-state index contributed by atoms with van der Waals surface area (Å²) in [6, 6.07) is 7.41. The molecule has 0 aromatic heterocycles. The SMILES string of the molecule is O=C(NC1CC1)C1CCN(c2ccc(Cl)cc2)C1=O. The van der Waals surface area contributed by atoms with Gasteiger partial charge in [0.15, 0.2) is 0 Å². The van der Waals surface area contributed by atoms with Crippen LogP contribution >= 0.6 is 11.6 Å². The molecule has 1 aromatic rings. The molecule has 1 N–H and O–H groups in total. The quantitative estimate of drug-likeness (QED) is 0.860. The van der Waals surface area contributed by atoms with Crippen LogP contribution in [0, 0.1) is 5.92 Å². The van der Waals surface area contributed by atoms with Crippen LogP contribution in [0.5, 0.6) is 0 Å². The normalized spacial score (nSPS) is 22.7. The van der Waals surface area contributed by atoms with E-state index >= 15 is 0 Å². The van der Waals surface area contributed by atoms with Gasteiger partial charge >= 0.3 is 0 Å². The molecule has 1 saturated carbocycles. The number of carbonyl (C=O) groups excluding carboxylic acids is 2. The Labute approximate surface area is 116 Å². The van der Waals surface area contributed by atoms with Gasteiger partial charge in [-0.15, -0.1) is 0 Å². The zero-order valence-electron chi connectivity index (χ0n) is 10.4. The number of nitrogens with one attached hydrogen (secondary N) is 1. The van der Waals surface area contributed by atoms with E-state index in [1.807, 2.05) is 0 Å². The highest BCUT2D eigenvalue weighted by Crippen LogP contribution is 2.27. The fourth-order valence-electron chi connectivity index (χ4n) is 2.33. The molecule has 2 amide bonds. The highest BCUT2D eigenvalue weighted by molar-refractivity contribution is 6.30. The first-order valence-electron chi connectivity index (χ1n) is 6.52. The Morgan fingerprint density at radius 2 is 1.89 bits per heavy atom. The first-order valence-corrected chi connectivity index (χ1v) is 6.90. The van der Waals surface area contributed by atoms with Crippen LogP contribution in [0.1, 0.15) is 19.3 Å². The molecule has 1 heterocycles. The molecule has 1 saturated heterocycles. The average molecular weight is 279 g/mol. The molecule has 2 fully saturated rings. The third-order valence-electron chi connectivity index (χ3n) is 3.58.